The molecule has 1 heterocycles. The number of halogens is 4. The lowest BCUT2D eigenvalue weighted by Gasteiger charge is -2.35. The van der Waals surface area contributed by atoms with Gasteiger partial charge >= 0.3 is 6.18 Å². The van der Waals surface area contributed by atoms with Gasteiger partial charge in [-0.25, -0.2) is 4.39 Å². The first-order valence-corrected chi connectivity index (χ1v) is 9.24. The minimum absolute atomic E-state index is 0.149. The predicted octanol–water partition coefficient (Wildman–Crippen LogP) is 3.87. The zero-order chi connectivity index (χ0) is 21.7. The van der Waals surface area contributed by atoms with Gasteiger partial charge in [0, 0.05) is 25.7 Å². The molecule has 0 amide bonds. The van der Waals surface area contributed by atoms with Crippen molar-refractivity contribution in [1.82, 2.24) is 10.2 Å². The molecule has 2 aromatic rings. The number of guanidine groups is 1. The van der Waals surface area contributed by atoms with Crippen LogP contribution in [0.15, 0.2) is 47.5 Å². The van der Waals surface area contributed by atoms with Crippen molar-refractivity contribution in [2.45, 2.75) is 18.8 Å². The summed E-state index contributed by atoms with van der Waals surface area (Å²) in [5.41, 5.74) is 0.318. The molecule has 0 aliphatic carbocycles. The normalized spacial score (nSPS) is 17.5. The maximum atomic E-state index is 14.1. The fraction of sp³-hybridized carbons (Fsp3) is 0.333. The SMILES string of the molecule is CN=C(NCc1ccc(C#N)cc1F)N1CCOC(c2cccc(C(F)(F)F)c2)C1. The van der Waals surface area contributed by atoms with Crippen LogP contribution >= 0.6 is 0 Å². The monoisotopic (exact) mass is 420 g/mol. The Balaban J connectivity index is 1.69. The van der Waals surface area contributed by atoms with Gasteiger partial charge in [-0.1, -0.05) is 18.2 Å². The van der Waals surface area contributed by atoms with Gasteiger partial charge in [-0.3, -0.25) is 4.99 Å². The standard InChI is InChI=1S/C21H20F4N4O/c1-27-20(28-12-16-6-5-14(11-26)9-18(16)22)29-7-8-30-19(13-29)15-3-2-4-17(10-15)21(23,24)25/h2-6,9-10,19H,7-8,12-13H2,1H3,(H,27,28). The molecule has 9 heteroatoms. The number of benzene rings is 2. The number of ether oxygens (including phenoxy) is 1. The highest BCUT2D eigenvalue weighted by atomic mass is 19.4. The zero-order valence-electron chi connectivity index (χ0n) is 16.2. The molecule has 1 aliphatic rings. The van der Waals surface area contributed by atoms with Crippen LogP contribution in [0, 0.1) is 17.1 Å². The minimum Gasteiger partial charge on any atom is -0.370 e. The van der Waals surface area contributed by atoms with Crippen molar-refractivity contribution < 1.29 is 22.3 Å². The van der Waals surface area contributed by atoms with E-state index in [9.17, 15) is 17.6 Å². The van der Waals surface area contributed by atoms with Gasteiger partial charge in [0.05, 0.1) is 30.3 Å². The van der Waals surface area contributed by atoms with Gasteiger partial charge in [0.25, 0.3) is 0 Å². The molecule has 0 bridgehead atoms. The third-order valence-electron chi connectivity index (χ3n) is 4.78. The molecule has 5 nitrogen and oxygen atoms in total. The Labute approximate surface area is 171 Å². The summed E-state index contributed by atoms with van der Waals surface area (Å²) in [5, 5.41) is 11.9. The van der Waals surface area contributed by atoms with Crippen molar-refractivity contribution in [2.24, 2.45) is 4.99 Å². The summed E-state index contributed by atoms with van der Waals surface area (Å²) in [6.45, 7) is 1.25. The van der Waals surface area contributed by atoms with Crippen molar-refractivity contribution in [3.05, 3.63) is 70.5 Å². The Hall–Kier alpha value is -3.12. The highest BCUT2D eigenvalue weighted by Gasteiger charge is 2.32. The Morgan fingerprint density at radius 1 is 1.30 bits per heavy atom. The molecule has 1 unspecified atom stereocenters. The minimum atomic E-state index is -4.42. The van der Waals surface area contributed by atoms with E-state index < -0.39 is 23.7 Å². The highest BCUT2D eigenvalue weighted by Crippen LogP contribution is 2.32. The molecule has 158 valence electrons. The molecular formula is C21H20F4N4O. The van der Waals surface area contributed by atoms with Gasteiger partial charge < -0.3 is 15.0 Å². The maximum Gasteiger partial charge on any atom is 0.416 e. The van der Waals surface area contributed by atoms with Gasteiger partial charge in [-0.2, -0.15) is 18.4 Å². The Morgan fingerprint density at radius 2 is 2.10 bits per heavy atom. The van der Waals surface area contributed by atoms with E-state index in [1.54, 1.807) is 13.1 Å². The molecule has 0 spiro atoms. The molecule has 1 fully saturated rings. The molecule has 0 radical (unpaired) electrons. The summed E-state index contributed by atoms with van der Waals surface area (Å²) in [7, 11) is 1.58. The van der Waals surface area contributed by atoms with Crippen LogP contribution in [0.25, 0.3) is 0 Å². The second kappa shape index (κ2) is 9.13. The second-order valence-corrected chi connectivity index (χ2v) is 6.75. The van der Waals surface area contributed by atoms with Gasteiger partial charge in [0.2, 0.25) is 0 Å². The number of aliphatic imine (C=N–C) groups is 1. The van der Waals surface area contributed by atoms with Gasteiger partial charge in [-0.05, 0) is 29.8 Å². The van der Waals surface area contributed by atoms with E-state index >= 15 is 0 Å². The number of nitrogens with one attached hydrogen (secondary N) is 1. The molecule has 2 aromatic carbocycles. The summed E-state index contributed by atoms with van der Waals surface area (Å²) >= 11 is 0. The smallest absolute Gasteiger partial charge is 0.370 e. The van der Waals surface area contributed by atoms with Crippen LogP contribution in [-0.2, 0) is 17.5 Å². The zero-order valence-corrected chi connectivity index (χ0v) is 16.2. The highest BCUT2D eigenvalue weighted by molar-refractivity contribution is 5.80. The van der Waals surface area contributed by atoms with Crippen LogP contribution in [-0.4, -0.2) is 37.6 Å². The van der Waals surface area contributed by atoms with Gasteiger partial charge in [0.1, 0.15) is 11.9 Å². The quantitative estimate of drug-likeness (QED) is 0.465. The van der Waals surface area contributed by atoms with Gasteiger partial charge in [0.15, 0.2) is 5.96 Å². The number of rotatable bonds is 3. The number of nitriles is 1. The first-order valence-electron chi connectivity index (χ1n) is 9.24. The van der Waals surface area contributed by atoms with Crippen LogP contribution in [0.4, 0.5) is 17.6 Å². The molecule has 1 atom stereocenters. The molecule has 1 saturated heterocycles. The Morgan fingerprint density at radius 3 is 2.77 bits per heavy atom. The molecule has 30 heavy (non-hydrogen) atoms. The molecule has 0 saturated carbocycles. The average Bonchev–Trinajstić information content (AvgIpc) is 2.75. The summed E-state index contributed by atoms with van der Waals surface area (Å²) in [6, 6.07) is 11.2. The number of hydrogen-bond acceptors (Lipinski definition) is 3. The summed E-state index contributed by atoms with van der Waals surface area (Å²) < 4.78 is 58.8. The lowest BCUT2D eigenvalue weighted by Crippen LogP contribution is -2.48. The molecule has 0 aromatic heterocycles. The molecule has 1 aliphatic heterocycles. The maximum absolute atomic E-state index is 14.1. The van der Waals surface area contributed by atoms with E-state index in [-0.39, 0.29) is 12.1 Å². The first kappa shape index (κ1) is 21.6. The predicted molar refractivity (Wildman–Crippen MR) is 103 cm³/mol. The lowest BCUT2D eigenvalue weighted by atomic mass is 10.0. The van der Waals surface area contributed by atoms with Crippen LogP contribution in [0.5, 0.6) is 0 Å². The number of alkyl halides is 3. The Kier molecular flexibility index (Phi) is 6.57. The summed E-state index contributed by atoms with van der Waals surface area (Å²) in [4.78, 5) is 6.05. The fourth-order valence-electron chi connectivity index (χ4n) is 3.23. The third-order valence-corrected chi connectivity index (χ3v) is 4.78. The van der Waals surface area contributed by atoms with Crippen molar-refractivity contribution >= 4 is 5.96 Å². The topological polar surface area (TPSA) is 60.7 Å². The largest absolute Gasteiger partial charge is 0.416 e. The van der Waals surface area contributed by atoms with Crippen LogP contribution < -0.4 is 5.32 Å². The van der Waals surface area contributed by atoms with E-state index in [1.165, 1.54) is 18.2 Å². The van der Waals surface area contributed by atoms with Crippen molar-refractivity contribution in [2.75, 3.05) is 26.7 Å². The second-order valence-electron chi connectivity index (χ2n) is 6.75. The Bertz CT molecular complexity index is 968. The number of morpholine rings is 1. The van der Waals surface area contributed by atoms with E-state index in [1.807, 2.05) is 11.0 Å². The first-order chi connectivity index (χ1) is 14.3. The van der Waals surface area contributed by atoms with Crippen LogP contribution in [0.1, 0.15) is 28.4 Å². The van der Waals surface area contributed by atoms with Gasteiger partial charge in [-0.15, -0.1) is 0 Å². The number of hydrogen-bond donors (Lipinski definition) is 1. The van der Waals surface area contributed by atoms with E-state index in [2.05, 4.69) is 10.3 Å². The lowest BCUT2D eigenvalue weighted by molar-refractivity contribution is -0.137. The fourth-order valence-corrected chi connectivity index (χ4v) is 3.23. The summed E-state index contributed by atoms with van der Waals surface area (Å²) in [5.74, 6) is -0.0140. The van der Waals surface area contributed by atoms with Crippen LogP contribution in [0.2, 0.25) is 0 Å². The van der Waals surface area contributed by atoms with E-state index in [4.69, 9.17) is 10.00 Å². The third kappa shape index (κ3) is 5.07. The van der Waals surface area contributed by atoms with Crippen molar-refractivity contribution in [1.29, 1.82) is 5.26 Å². The molecular weight excluding hydrogens is 400 g/mol. The van der Waals surface area contributed by atoms with E-state index in [0.717, 1.165) is 18.2 Å². The van der Waals surface area contributed by atoms with E-state index in [0.29, 0.717) is 36.8 Å². The average molecular weight is 420 g/mol. The molecule has 3 rings (SSSR count). The van der Waals surface area contributed by atoms with Crippen molar-refractivity contribution in [3.8, 4) is 6.07 Å². The molecule has 1 N–H and O–H groups in total. The summed E-state index contributed by atoms with van der Waals surface area (Å²) in [6.07, 6.45) is -4.97. The van der Waals surface area contributed by atoms with Crippen LogP contribution in [0.3, 0.4) is 0 Å². The van der Waals surface area contributed by atoms with Crippen molar-refractivity contribution in [3.63, 3.8) is 0 Å². The number of nitrogens with zero attached hydrogens (tertiary/aromatic N) is 3.